The molecule has 3 amide bonds. The molecule has 0 aromatic heterocycles. The highest BCUT2D eigenvalue weighted by Crippen LogP contribution is 2.28. The molecule has 134 valence electrons. The Bertz CT molecular complexity index is 492. The van der Waals surface area contributed by atoms with Crippen LogP contribution in [0.15, 0.2) is 0 Å². The lowest BCUT2D eigenvalue weighted by Crippen LogP contribution is -2.57. The zero-order chi connectivity index (χ0) is 16.9. The van der Waals surface area contributed by atoms with E-state index in [-0.39, 0.29) is 29.7 Å². The minimum atomic E-state index is 0.137. The van der Waals surface area contributed by atoms with Crippen molar-refractivity contribution < 1.29 is 14.4 Å². The van der Waals surface area contributed by atoms with E-state index in [1.807, 2.05) is 9.80 Å². The van der Waals surface area contributed by atoms with Gasteiger partial charge in [0.05, 0.1) is 6.54 Å². The highest BCUT2D eigenvalue weighted by atomic mass is 16.2. The van der Waals surface area contributed by atoms with Gasteiger partial charge in [-0.25, -0.2) is 0 Å². The van der Waals surface area contributed by atoms with Gasteiger partial charge in [0.25, 0.3) is 0 Å². The standard InChI is InChI=1S/C17H28N4O3/c22-15(4-1-7-19-17(24)13-5-6-13)20-9-2-3-14(12-20)21-10-8-18-11-16(21)23/h13-14,18H,1-12H2,(H,19,24). The lowest BCUT2D eigenvalue weighted by molar-refractivity contribution is -0.140. The number of piperazine rings is 1. The quantitative estimate of drug-likeness (QED) is 0.654. The van der Waals surface area contributed by atoms with Gasteiger partial charge in [-0.15, -0.1) is 0 Å². The summed E-state index contributed by atoms with van der Waals surface area (Å²) in [7, 11) is 0. The Morgan fingerprint density at radius 2 is 2.04 bits per heavy atom. The molecule has 3 aliphatic rings. The van der Waals surface area contributed by atoms with Crippen molar-refractivity contribution in [2.45, 2.75) is 44.6 Å². The van der Waals surface area contributed by atoms with Crippen LogP contribution in [-0.2, 0) is 14.4 Å². The number of nitrogens with one attached hydrogen (secondary N) is 2. The number of carbonyl (C=O) groups is 3. The van der Waals surface area contributed by atoms with Gasteiger partial charge in [0.15, 0.2) is 0 Å². The van der Waals surface area contributed by atoms with Crippen LogP contribution in [0.5, 0.6) is 0 Å². The predicted octanol–water partition coefficient (Wildman–Crippen LogP) is -0.284. The Morgan fingerprint density at radius 1 is 1.21 bits per heavy atom. The summed E-state index contributed by atoms with van der Waals surface area (Å²) in [5.41, 5.74) is 0. The van der Waals surface area contributed by atoms with Crippen LogP contribution in [-0.4, -0.2) is 72.8 Å². The molecule has 0 spiro atoms. The number of rotatable bonds is 6. The Balaban J connectivity index is 1.39. The fourth-order valence-corrected chi connectivity index (χ4v) is 3.54. The molecule has 3 rings (SSSR count). The van der Waals surface area contributed by atoms with Crippen molar-refractivity contribution in [3.05, 3.63) is 0 Å². The van der Waals surface area contributed by atoms with Crippen molar-refractivity contribution in [1.82, 2.24) is 20.4 Å². The average Bonchev–Trinajstić information content (AvgIpc) is 3.44. The SMILES string of the molecule is O=C(NCCCC(=O)N1CCCC(N2CCNCC2=O)C1)C1CC1. The fraction of sp³-hybridized carbons (Fsp3) is 0.824. The first-order chi connectivity index (χ1) is 11.6. The third kappa shape index (κ3) is 4.47. The van der Waals surface area contributed by atoms with E-state index in [2.05, 4.69) is 10.6 Å². The summed E-state index contributed by atoms with van der Waals surface area (Å²) in [6.07, 6.45) is 5.09. The summed E-state index contributed by atoms with van der Waals surface area (Å²) in [6.45, 7) is 3.98. The van der Waals surface area contributed by atoms with E-state index in [4.69, 9.17) is 0 Å². The van der Waals surface area contributed by atoms with Crippen LogP contribution in [0.2, 0.25) is 0 Å². The van der Waals surface area contributed by atoms with E-state index in [0.29, 0.717) is 32.5 Å². The summed E-state index contributed by atoms with van der Waals surface area (Å²) >= 11 is 0. The Morgan fingerprint density at radius 3 is 2.79 bits per heavy atom. The van der Waals surface area contributed by atoms with Gasteiger partial charge in [-0.3, -0.25) is 14.4 Å². The fourth-order valence-electron chi connectivity index (χ4n) is 3.54. The van der Waals surface area contributed by atoms with Gasteiger partial charge in [0.2, 0.25) is 17.7 Å². The summed E-state index contributed by atoms with van der Waals surface area (Å²) in [4.78, 5) is 39.8. The van der Waals surface area contributed by atoms with E-state index >= 15 is 0 Å². The summed E-state index contributed by atoms with van der Waals surface area (Å²) < 4.78 is 0. The lowest BCUT2D eigenvalue weighted by atomic mass is 10.0. The van der Waals surface area contributed by atoms with Crippen molar-refractivity contribution in [2.24, 2.45) is 5.92 Å². The van der Waals surface area contributed by atoms with Crippen molar-refractivity contribution in [2.75, 3.05) is 39.3 Å². The molecule has 1 saturated carbocycles. The molecule has 3 fully saturated rings. The minimum Gasteiger partial charge on any atom is -0.356 e. The van der Waals surface area contributed by atoms with E-state index in [1.54, 1.807) is 0 Å². The first-order valence-corrected chi connectivity index (χ1v) is 9.21. The number of carbonyl (C=O) groups excluding carboxylic acids is 3. The van der Waals surface area contributed by atoms with Crippen molar-refractivity contribution in [1.29, 1.82) is 0 Å². The molecule has 1 atom stereocenters. The predicted molar refractivity (Wildman–Crippen MR) is 89.2 cm³/mol. The van der Waals surface area contributed by atoms with E-state index in [1.165, 1.54) is 0 Å². The molecule has 2 saturated heterocycles. The first-order valence-electron chi connectivity index (χ1n) is 9.21. The van der Waals surface area contributed by atoms with Gasteiger partial charge in [0, 0.05) is 51.1 Å². The van der Waals surface area contributed by atoms with Crippen molar-refractivity contribution in [3.8, 4) is 0 Å². The Kier molecular flexibility index (Phi) is 5.71. The second kappa shape index (κ2) is 7.96. The molecular weight excluding hydrogens is 308 g/mol. The normalized spacial score (nSPS) is 24.8. The number of likely N-dealkylation sites (tertiary alicyclic amines) is 1. The van der Waals surface area contributed by atoms with Crippen LogP contribution in [0.25, 0.3) is 0 Å². The molecule has 24 heavy (non-hydrogen) atoms. The van der Waals surface area contributed by atoms with Crippen LogP contribution in [0.3, 0.4) is 0 Å². The molecule has 0 bridgehead atoms. The zero-order valence-corrected chi connectivity index (χ0v) is 14.3. The average molecular weight is 336 g/mol. The smallest absolute Gasteiger partial charge is 0.236 e. The lowest BCUT2D eigenvalue weighted by Gasteiger charge is -2.41. The molecule has 0 aromatic rings. The second-order valence-corrected chi connectivity index (χ2v) is 7.07. The molecule has 2 aliphatic heterocycles. The van der Waals surface area contributed by atoms with Gasteiger partial charge in [-0.1, -0.05) is 0 Å². The van der Waals surface area contributed by atoms with Gasteiger partial charge in [-0.05, 0) is 32.1 Å². The molecule has 2 N–H and O–H groups in total. The third-order valence-corrected chi connectivity index (χ3v) is 5.13. The summed E-state index contributed by atoms with van der Waals surface area (Å²) in [6, 6.07) is 0.159. The maximum Gasteiger partial charge on any atom is 0.236 e. The van der Waals surface area contributed by atoms with Crippen LogP contribution in [0.1, 0.15) is 38.5 Å². The van der Waals surface area contributed by atoms with Crippen LogP contribution in [0, 0.1) is 5.92 Å². The largest absolute Gasteiger partial charge is 0.356 e. The number of nitrogens with zero attached hydrogens (tertiary/aromatic N) is 2. The van der Waals surface area contributed by atoms with Crippen molar-refractivity contribution >= 4 is 17.7 Å². The monoisotopic (exact) mass is 336 g/mol. The van der Waals surface area contributed by atoms with Gasteiger partial charge < -0.3 is 20.4 Å². The van der Waals surface area contributed by atoms with Gasteiger partial charge in [0.1, 0.15) is 0 Å². The molecular formula is C17H28N4O3. The van der Waals surface area contributed by atoms with Crippen LogP contribution >= 0.6 is 0 Å². The Hall–Kier alpha value is -1.63. The maximum absolute atomic E-state index is 12.4. The first kappa shape index (κ1) is 17.2. The third-order valence-electron chi connectivity index (χ3n) is 5.13. The van der Waals surface area contributed by atoms with Gasteiger partial charge >= 0.3 is 0 Å². The minimum absolute atomic E-state index is 0.137. The van der Waals surface area contributed by atoms with Gasteiger partial charge in [-0.2, -0.15) is 0 Å². The van der Waals surface area contributed by atoms with Crippen LogP contribution in [0.4, 0.5) is 0 Å². The summed E-state index contributed by atoms with van der Waals surface area (Å²) in [5.74, 6) is 0.643. The molecule has 0 radical (unpaired) electrons. The Labute approximate surface area is 143 Å². The van der Waals surface area contributed by atoms with E-state index in [9.17, 15) is 14.4 Å². The number of hydrogen-bond acceptors (Lipinski definition) is 4. The molecule has 7 heteroatoms. The summed E-state index contributed by atoms with van der Waals surface area (Å²) in [5, 5.41) is 5.99. The van der Waals surface area contributed by atoms with E-state index in [0.717, 1.165) is 45.3 Å². The number of hydrogen-bond donors (Lipinski definition) is 2. The topological polar surface area (TPSA) is 81.8 Å². The highest BCUT2D eigenvalue weighted by molar-refractivity contribution is 5.81. The molecule has 0 aromatic carbocycles. The number of piperidine rings is 1. The maximum atomic E-state index is 12.4. The van der Waals surface area contributed by atoms with Crippen LogP contribution < -0.4 is 10.6 Å². The highest BCUT2D eigenvalue weighted by Gasteiger charge is 2.31. The second-order valence-electron chi connectivity index (χ2n) is 7.07. The van der Waals surface area contributed by atoms with Crippen molar-refractivity contribution in [3.63, 3.8) is 0 Å². The van der Waals surface area contributed by atoms with E-state index < -0.39 is 0 Å². The molecule has 1 aliphatic carbocycles. The zero-order valence-electron chi connectivity index (χ0n) is 14.3. The molecule has 1 unspecified atom stereocenters. The molecule has 2 heterocycles. The number of amides is 3. The molecule has 7 nitrogen and oxygen atoms in total.